The van der Waals surface area contributed by atoms with Gasteiger partial charge in [0.1, 0.15) is 5.82 Å². The van der Waals surface area contributed by atoms with Crippen LogP contribution in [0.5, 0.6) is 0 Å². The van der Waals surface area contributed by atoms with Crippen LogP contribution in [-0.4, -0.2) is 11.8 Å². The molecule has 20 heavy (non-hydrogen) atoms. The van der Waals surface area contributed by atoms with E-state index >= 15 is 0 Å². The molecular weight excluding hydrogens is 277 g/mol. The van der Waals surface area contributed by atoms with Crippen molar-refractivity contribution in [3.05, 3.63) is 70.5 Å². The van der Waals surface area contributed by atoms with Crippen molar-refractivity contribution in [3.8, 4) is 0 Å². The molecule has 104 valence electrons. The molecule has 2 nitrogen and oxygen atoms in total. The number of hydrogen-bond acceptors (Lipinski definition) is 2. The number of ketones is 1. The minimum atomic E-state index is -0.614. The molecule has 0 bridgehead atoms. The van der Waals surface area contributed by atoms with Gasteiger partial charge in [-0.1, -0.05) is 54.1 Å². The van der Waals surface area contributed by atoms with Gasteiger partial charge in [-0.05, 0) is 23.6 Å². The summed E-state index contributed by atoms with van der Waals surface area (Å²) in [5, 5.41) is -0.00670. The largest absolute Gasteiger partial charge is 0.321 e. The van der Waals surface area contributed by atoms with Gasteiger partial charge in [-0.15, -0.1) is 0 Å². The van der Waals surface area contributed by atoms with Crippen molar-refractivity contribution >= 4 is 17.4 Å². The van der Waals surface area contributed by atoms with Gasteiger partial charge < -0.3 is 5.73 Å². The molecule has 0 heterocycles. The third kappa shape index (κ3) is 3.65. The normalized spacial score (nSPS) is 12.2. The summed E-state index contributed by atoms with van der Waals surface area (Å²) in [5.74, 6) is -0.671. The Hall–Kier alpha value is -1.71. The van der Waals surface area contributed by atoms with Crippen LogP contribution >= 0.6 is 11.6 Å². The van der Waals surface area contributed by atoms with Crippen molar-refractivity contribution in [1.29, 1.82) is 0 Å². The van der Waals surface area contributed by atoms with Crippen molar-refractivity contribution in [2.24, 2.45) is 5.73 Å². The van der Waals surface area contributed by atoms with Gasteiger partial charge in [-0.3, -0.25) is 4.79 Å². The van der Waals surface area contributed by atoms with E-state index in [-0.39, 0.29) is 17.2 Å². The summed E-state index contributed by atoms with van der Waals surface area (Å²) in [6.07, 6.45) is 0.511. The third-order valence-electron chi connectivity index (χ3n) is 3.11. The first-order valence-electron chi connectivity index (χ1n) is 6.33. The highest BCUT2D eigenvalue weighted by Crippen LogP contribution is 2.20. The summed E-state index contributed by atoms with van der Waals surface area (Å²) in [6, 6.07) is 13.4. The Morgan fingerprint density at radius 3 is 2.55 bits per heavy atom. The van der Waals surface area contributed by atoms with Crippen LogP contribution < -0.4 is 5.73 Å². The predicted molar refractivity (Wildman–Crippen MR) is 78.2 cm³/mol. The molecule has 0 aliphatic carbocycles. The molecule has 0 saturated heterocycles. The molecule has 2 N–H and O–H groups in total. The molecule has 0 aromatic heterocycles. The van der Waals surface area contributed by atoms with Gasteiger partial charge in [0.2, 0.25) is 0 Å². The van der Waals surface area contributed by atoms with Crippen LogP contribution in [0.1, 0.15) is 11.1 Å². The zero-order valence-electron chi connectivity index (χ0n) is 10.9. The van der Waals surface area contributed by atoms with Crippen LogP contribution in [0, 0.1) is 5.82 Å². The monoisotopic (exact) mass is 291 g/mol. The second-order valence-electron chi connectivity index (χ2n) is 4.65. The number of benzene rings is 2. The Morgan fingerprint density at radius 1 is 1.15 bits per heavy atom. The van der Waals surface area contributed by atoms with E-state index in [1.54, 1.807) is 6.07 Å². The fourth-order valence-corrected chi connectivity index (χ4v) is 2.18. The lowest BCUT2D eigenvalue weighted by Crippen LogP contribution is -2.34. The Labute approximate surface area is 122 Å². The summed E-state index contributed by atoms with van der Waals surface area (Å²) in [6.45, 7) is 0. The topological polar surface area (TPSA) is 43.1 Å². The molecule has 0 fully saturated rings. The molecule has 1 unspecified atom stereocenters. The number of carbonyl (C=O) groups excluding carboxylic acids is 1. The number of Topliss-reactive ketones (excluding diaryl/α,β-unsaturated/α-hetero) is 1. The van der Waals surface area contributed by atoms with Crippen LogP contribution in [0.2, 0.25) is 5.02 Å². The van der Waals surface area contributed by atoms with Gasteiger partial charge in [0.25, 0.3) is 0 Å². The van der Waals surface area contributed by atoms with Crippen LogP contribution in [-0.2, 0) is 17.6 Å². The lowest BCUT2D eigenvalue weighted by molar-refractivity contribution is -0.119. The quantitative estimate of drug-likeness (QED) is 0.919. The second-order valence-corrected chi connectivity index (χ2v) is 5.03. The molecular formula is C16H15ClFNO. The summed E-state index contributed by atoms with van der Waals surface area (Å²) < 4.78 is 13.3. The van der Waals surface area contributed by atoms with Crippen LogP contribution in [0.4, 0.5) is 4.39 Å². The number of rotatable bonds is 5. The maximum absolute atomic E-state index is 13.3. The van der Waals surface area contributed by atoms with Gasteiger partial charge in [0, 0.05) is 6.42 Å². The minimum Gasteiger partial charge on any atom is -0.321 e. The molecule has 0 aliphatic heterocycles. The van der Waals surface area contributed by atoms with Crippen LogP contribution in [0.25, 0.3) is 0 Å². The predicted octanol–water partition coefficient (Wildman–Crippen LogP) is 3.16. The molecule has 2 rings (SSSR count). The zero-order valence-corrected chi connectivity index (χ0v) is 11.6. The highest BCUT2D eigenvalue weighted by molar-refractivity contribution is 6.31. The standard InChI is InChI=1S/C16H15ClFNO/c17-16-12(7-4-8-13(16)18)10-15(20)14(19)9-11-5-2-1-3-6-11/h1-8,14H,9-10,19H2. The van der Waals surface area contributed by atoms with Crippen molar-refractivity contribution in [1.82, 2.24) is 0 Å². The molecule has 0 aliphatic rings. The van der Waals surface area contributed by atoms with Crippen molar-refractivity contribution in [2.75, 3.05) is 0 Å². The Bertz CT molecular complexity index is 601. The van der Waals surface area contributed by atoms with E-state index in [0.29, 0.717) is 12.0 Å². The Kier molecular flexibility index (Phi) is 4.88. The Balaban J connectivity index is 2.03. The van der Waals surface area contributed by atoms with E-state index in [9.17, 15) is 9.18 Å². The average molecular weight is 292 g/mol. The van der Waals surface area contributed by atoms with Crippen LogP contribution in [0.15, 0.2) is 48.5 Å². The van der Waals surface area contributed by atoms with Gasteiger partial charge in [0.05, 0.1) is 11.1 Å². The van der Waals surface area contributed by atoms with E-state index in [1.165, 1.54) is 12.1 Å². The molecule has 2 aromatic carbocycles. The highest BCUT2D eigenvalue weighted by atomic mass is 35.5. The number of halogens is 2. The van der Waals surface area contributed by atoms with E-state index < -0.39 is 11.9 Å². The summed E-state index contributed by atoms with van der Waals surface area (Å²) in [7, 11) is 0. The second kappa shape index (κ2) is 6.64. The lowest BCUT2D eigenvalue weighted by Gasteiger charge is -2.11. The minimum absolute atomic E-state index is 0.00670. The van der Waals surface area contributed by atoms with Gasteiger partial charge in [0.15, 0.2) is 5.78 Å². The van der Waals surface area contributed by atoms with Crippen molar-refractivity contribution in [3.63, 3.8) is 0 Å². The van der Waals surface area contributed by atoms with Gasteiger partial charge in [-0.25, -0.2) is 4.39 Å². The van der Waals surface area contributed by atoms with Gasteiger partial charge >= 0.3 is 0 Å². The fourth-order valence-electron chi connectivity index (χ4n) is 1.99. The Morgan fingerprint density at radius 2 is 1.85 bits per heavy atom. The number of carbonyl (C=O) groups is 1. The van der Waals surface area contributed by atoms with E-state index in [0.717, 1.165) is 5.56 Å². The first-order valence-corrected chi connectivity index (χ1v) is 6.71. The van der Waals surface area contributed by atoms with E-state index in [2.05, 4.69) is 0 Å². The van der Waals surface area contributed by atoms with Crippen molar-refractivity contribution in [2.45, 2.75) is 18.9 Å². The fraction of sp³-hybridized carbons (Fsp3) is 0.188. The maximum Gasteiger partial charge on any atom is 0.154 e. The summed E-state index contributed by atoms with van der Waals surface area (Å²) in [4.78, 5) is 12.1. The van der Waals surface area contributed by atoms with E-state index in [4.69, 9.17) is 17.3 Å². The molecule has 1 atom stereocenters. The smallest absolute Gasteiger partial charge is 0.154 e. The van der Waals surface area contributed by atoms with Crippen LogP contribution in [0.3, 0.4) is 0 Å². The number of nitrogens with two attached hydrogens (primary N) is 1. The highest BCUT2D eigenvalue weighted by Gasteiger charge is 2.17. The molecule has 4 heteroatoms. The third-order valence-corrected chi connectivity index (χ3v) is 3.53. The first-order chi connectivity index (χ1) is 9.58. The number of hydrogen-bond donors (Lipinski definition) is 1. The molecule has 2 aromatic rings. The van der Waals surface area contributed by atoms with Crippen molar-refractivity contribution < 1.29 is 9.18 Å². The summed E-state index contributed by atoms with van der Waals surface area (Å²) in [5.41, 5.74) is 7.37. The SMILES string of the molecule is NC(Cc1ccccc1)C(=O)Cc1cccc(F)c1Cl. The van der Waals surface area contributed by atoms with E-state index in [1.807, 2.05) is 30.3 Å². The lowest BCUT2D eigenvalue weighted by atomic mass is 9.98. The zero-order chi connectivity index (χ0) is 14.5. The molecule has 0 saturated carbocycles. The molecule has 0 amide bonds. The maximum atomic E-state index is 13.3. The first kappa shape index (κ1) is 14.7. The molecule has 0 radical (unpaired) electrons. The average Bonchev–Trinajstić information content (AvgIpc) is 2.45. The van der Waals surface area contributed by atoms with Gasteiger partial charge in [-0.2, -0.15) is 0 Å². The molecule has 0 spiro atoms. The summed E-state index contributed by atoms with van der Waals surface area (Å²) >= 11 is 5.83.